The molecule has 2 heterocycles. The van der Waals surface area contributed by atoms with E-state index in [0.29, 0.717) is 25.2 Å². The zero-order valence-corrected chi connectivity index (χ0v) is 20.4. The fourth-order valence-corrected chi connectivity index (χ4v) is 4.35. The molecule has 0 saturated heterocycles. The summed E-state index contributed by atoms with van der Waals surface area (Å²) >= 11 is 0. The molecular formula is C30H28N6. The standard InChI is InChI=1S/C30H28N6/c1-23-9-11-24(12-10-23)15-16-35(20-28-14-13-27-7-2-3-8-29(27)33-28)21-30-34-32-22-36(30)19-26-6-4-5-25(17-26)18-31/h2-14,17,22H,15-16,19-21H2,1H3. The highest BCUT2D eigenvalue weighted by atomic mass is 15.3. The van der Waals surface area contributed by atoms with E-state index in [1.807, 2.05) is 36.4 Å². The van der Waals surface area contributed by atoms with Crippen LogP contribution in [0.1, 0.15) is 33.8 Å². The summed E-state index contributed by atoms with van der Waals surface area (Å²) in [5, 5.41) is 19.0. The monoisotopic (exact) mass is 472 g/mol. The van der Waals surface area contributed by atoms with Gasteiger partial charge in [-0.15, -0.1) is 10.2 Å². The van der Waals surface area contributed by atoms with Gasteiger partial charge in [-0.05, 0) is 48.7 Å². The Balaban J connectivity index is 1.36. The molecule has 6 heteroatoms. The lowest BCUT2D eigenvalue weighted by Crippen LogP contribution is -2.27. The first-order valence-electron chi connectivity index (χ1n) is 12.1. The molecule has 0 unspecified atom stereocenters. The highest BCUT2D eigenvalue weighted by molar-refractivity contribution is 5.78. The molecule has 6 nitrogen and oxygen atoms in total. The third-order valence-electron chi connectivity index (χ3n) is 6.35. The molecule has 178 valence electrons. The summed E-state index contributed by atoms with van der Waals surface area (Å²) in [5.74, 6) is 0.891. The molecule has 0 atom stereocenters. The van der Waals surface area contributed by atoms with Crippen LogP contribution in [0, 0.1) is 18.3 Å². The molecule has 0 amide bonds. The van der Waals surface area contributed by atoms with Gasteiger partial charge in [0.1, 0.15) is 12.2 Å². The first-order chi connectivity index (χ1) is 17.7. The van der Waals surface area contributed by atoms with E-state index < -0.39 is 0 Å². The number of hydrogen-bond donors (Lipinski definition) is 0. The number of nitrogens with zero attached hydrogens (tertiary/aromatic N) is 6. The van der Waals surface area contributed by atoms with Crippen LogP contribution in [-0.2, 0) is 26.1 Å². The van der Waals surface area contributed by atoms with Crippen molar-refractivity contribution in [2.75, 3.05) is 6.54 Å². The van der Waals surface area contributed by atoms with Crippen LogP contribution in [0.5, 0.6) is 0 Å². The van der Waals surface area contributed by atoms with Gasteiger partial charge in [0, 0.05) is 18.5 Å². The molecule has 3 aromatic carbocycles. The van der Waals surface area contributed by atoms with Gasteiger partial charge in [0.25, 0.3) is 0 Å². The minimum atomic E-state index is 0.623. The van der Waals surface area contributed by atoms with Crippen LogP contribution >= 0.6 is 0 Å². The molecule has 0 aliphatic rings. The van der Waals surface area contributed by atoms with Gasteiger partial charge >= 0.3 is 0 Å². The zero-order chi connectivity index (χ0) is 24.7. The predicted molar refractivity (Wildman–Crippen MR) is 141 cm³/mol. The number of fused-ring (bicyclic) bond motifs is 1. The smallest absolute Gasteiger partial charge is 0.147 e. The molecule has 0 N–H and O–H groups in total. The van der Waals surface area contributed by atoms with Crippen molar-refractivity contribution >= 4 is 10.9 Å². The normalized spacial score (nSPS) is 11.1. The van der Waals surface area contributed by atoms with Crippen molar-refractivity contribution < 1.29 is 0 Å². The number of aryl methyl sites for hydroxylation is 1. The van der Waals surface area contributed by atoms with Crippen LogP contribution in [0.4, 0.5) is 0 Å². The average Bonchev–Trinajstić information content (AvgIpc) is 3.34. The topological polar surface area (TPSA) is 70.6 Å². The highest BCUT2D eigenvalue weighted by Crippen LogP contribution is 2.16. The predicted octanol–water partition coefficient (Wildman–Crippen LogP) is 5.30. The van der Waals surface area contributed by atoms with Crippen LogP contribution in [0.25, 0.3) is 10.9 Å². The maximum absolute atomic E-state index is 9.24. The third-order valence-corrected chi connectivity index (χ3v) is 6.35. The number of para-hydroxylation sites is 1. The Bertz CT molecular complexity index is 1500. The van der Waals surface area contributed by atoms with Crippen LogP contribution in [0.15, 0.2) is 91.3 Å². The molecule has 2 aromatic heterocycles. The second kappa shape index (κ2) is 10.9. The summed E-state index contributed by atoms with van der Waals surface area (Å²) in [5.41, 5.74) is 6.33. The second-order valence-corrected chi connectivity index (χ2v) is 9.13. The van der Waals surface area contributed by atoms with Crippen LogP contribution in [0.3, 0.4) is 0 Å². The summed E-state index contributed by atoms with van der Waals surface area (Å²) in [4.78, 5) is 7.28. The molecule has 0 bridgehead atoms. The molecule has 0 fully saturated rings. The van der Waals surface area contributed by atoms with Gasteiger partial charge in [-0.1, -0.05) is 66.2 Å². The van der Waals surface area contributed by atoms with E-state index in [9.17, 15) is 5.26 Å². The van der Waals surface area contributed by atoms with Crippen molar-refractivity contribution in [1.82, 2.24) is 24.6 Å². The van der Waals surface area contributed by atoms with E-state index >= 15 is 0 Å². The van der Waals surface area contributed by atoms with Crippen LogP contribution in [0.2, 0.25) is 0 Å². The summed E-state index contributed by atoms with van der Waals surface area (Å²) in [6.07, 6.45) is 2.70. The third kappa shape index (κ3) is 5.83. The molecule has 0 aliphatic carbocycles. The fraction of sp³-hybridized carbons (Fsp3) is 0.200. The van der Waals surface area contributed by atoms with E-state index in [-0.39, 0.29) is 0 Å². The van der Waals surface area contributed by atoms with Gasteiger partial charge in [-0.3, -0.25) is 9.88 Å². The lowest BCUT2D eigenvalue weighted by molar-refractivity contribution is 0.247. The number of rotatable bonds is 9. The van der Waals surface area contributed by atoms with Gasteiger partial charge in [0.15, 0.2) is 0 Å². The molecule has 5 rings (SSSR count). The number of benzene rings is 3. The lowest BCUT2D eigenvalue weighted by atomic mass is 10.1. The Hall–Kier alpha value is -4.34. The minimum absolute atomic E-state index is 0.623. The fourth-order valence-electron chi connectivity index (χ4n) is 4.35. The summed E-state index contributed by atoms with van der Waals surface area (Å²) in [6, 6.07) is 31.1. The van der Waals surface area contributed by atoms with E-state index in [0.717, 1.165) is 41.0 Å². The second-order valence-electron chi connectivity index (χ2n) is 9.13. The number of pyridine rings is 1. The van der Waals surface area contributed by atoms with Crippen molar-refractivity contribution in [3.8, 4) is 6.07 Å². The van der Waals surface area contributed by atoms with Crippen LogP contribution < -0.4 is 0 Å². The van der Waals surface area contributed by atoms with Gasteiger partial charge < -0.3 is 4.57 Å². The average molecular weight is 473 g/mol. The van der Waals surface area contributed by atoms with Crippen molar-refractivity contribution in [1.29, 1.82) is 5.26 Å². The maximum atomic E-state index is 9.24. The first-order valence-corrected chi connectivity index (χ1v) is 12.1. The van der Waals surface area contributed by atoms with Gasteiger partial charge in [-0.25, -0.2) is 0 Å². The molecule has 0 aliphatic heterocycles. The molecule has 0 spiro atoms. The Labute approximate surface area is 211 Å². The minimum Gasteiger partial charge on any atom is -0.312 e. The Morgan fingerprint density at radius 3 is 2.61 bits per heavy atom. The van der Waals surface area contributed by atoms with Gasteiger partial charge in [0.2, 0.25) is 0 Å². The van der Waals surface area contributed by atoms with E-state index in [1.165, 1.54) is 11.1 Å². The van der Waals surface area contributed by atoms with Crippen molar-refractivity contribution in [3.05, 3.63) is 125 Å². The summed E-state index contributed by atoms with van der Waals surface area (Å²) < 4.78 is 2.06. The van der Waals surface area contributed by atoms with Gasteiger partial charge in [-0.2, -0.15) is 5.26 Å². The summed E-state index contributed by atoms with van der Waals surface area (Å²) in [6.45, 7) is 4.97. The van der Waals surface area contributed by atoms with E-state index in [2.05, 4.69) is 81.2 Å². The van der Waals surface area contributed by atoms with Crippen LogP contribution in [-0.4, -0.2) is 31.2 Å². The SMILES string of the molecule is Cc1ccc(CCN(Cc2ccc3ccccc3n2)Cc2nncn2Cc2cccc(C#N)c2)cc1. The zero-order valence-electron chi connectivity index (χ0n) is 20.4. The Morgan fingerprint density at radius 2 is 1.75 bits per heavy atom. The molecule has 0 radical (unpaired) electrons. The van der Waals surface area contributed by atoms with Crippen molar-refractivity contribution in [2.45, 2.75) is 33.0 Å². The van der Waals surface area contributed by atoms with Gasteiger partial charge in [0.05, 0.1) is 35.9 Å². The molecule has 5 aromatic rings. The largest absolute Gasteiger partial charge is 0.312 e. The number of nitriles is 1. The molecular weight excluding hydrogens is 444 g/mol. The number of aromatic nitrogens is 4. The maximum Gasteiger partial charge on any atom is 0.147 e. The quantitative estimate of drug-likeness (QED) is 0.291. The van der Waals surface area contributed by atoms with E-state index in [1.54, 1.807) is 6.33 Å². The van der Waals surface area contributed by atoms with E-state index in [4.69, 9.17) is 4.98 Å². The Kier molecular flexibility index (Phi) is 7.11. The Morgan fingerprint density at radius 1 is 0.889 bits per heavy atom. The number of hydrogen-bond acceptors (Lipinski definition) is 5. The van der Waals surface area contributed by atoms with Crippen molar-refractivity contribution in [3.63, 3.8) is 0 Å². The lowest BCUT2D eigenvalue weighted by Gasteiger charge is -2.22. The molecule has 36 heavy (non-hydrogen) atoms. The highest BCUT2D eigenvalue weighted by Gasteiger charge is 2.14. The summed E-state index contributed by atoms with van der Waals surface area (Å²) in [7, 11) is 0. The first kappa shape index (κ1) is 23.4. The van der Waals surface area contributed by atoms with Crippen molar-refractivity contribution in [2.24, 2.45) is 0 Å². The molecule has 0 saturated carbocycles.